The monoisotopic (exact) mass is 648 g/mol. The molecule has 0 radical (unpaired) electrons. The predicted octanol–water partition coefficient (Wildman–Crippen LogP) is 7.84. The molecule has 2 N–H and O–H groups in total. The van der Waals surface area contributed by atoms with Gasteiger partial charge in [0.15, 0.2) is 11.5 Å². The van der Waals surface area contributed by atoms with Crippen molar-refractivity contribution in [2.24, 2.45) is 5.92 Å². The van der Waals surface area contributed by atoms with Crippen molar-refractivity contribution in [3.63, 3.8) is 0 Å². The van der Waals surface area contributed by atoms with Gasteiger partial charge in [-0.05, 0) is 104 Å². The van der Waals surface area contributed by atoms with E-state index >= 15 is 0 Å². The van der Waals surface area contributed by atoms with E-state index in [2.05, 4.69) is 44.3 Å². The highest BCUT2D eigenvalue weighted by atomic mass is 16.7. The van der Waals surface area contributed by atoms with E-state index in [-0.39, 0.29) is 11.1 Å². The maximum atomic E-state index is 11.9. The zero-order chi connectivity index (χ0) is 33.6. The van der Waals surface area contributed by atoms with Crippen LogP contribution in [-0.4, -0.2) is 49.0 Å². The van der Waals surface area contributed by atoms with E-state index in [1.165, 1.54) is 62.5 Å². The van der Waals surface area contributed by atoms with E-state index in [0.717, 1.165) is 37.2 Å². The van der Waals surface area contributed by atoms with Crippen LogP contribution in [0.15, 0.2) is 66.8 Å². The molecule has 0 bridgehead atoms. The van der Waals surface area contributed by atoms with Crippen LogP contribution in [0, 0.1) is 5.92 Å². The summed E-state index contributed by atoms with van der Waals surface area (Å²) < 4.78 is 21.4. The lowest BCUT2D eigenvalue weighted by atomic mass is 9.75. The molecule has 0 spiro atoms. The van der Waals surface area contributed by atoms with Gasteiger partial charge in [0.25, 0.3) is 0 Å². The molecule has 0 aliphatic heterocycles. The Hall–Kier alpha value is -3.62. The maximum Gasteiger partial charge on any atom is 0.338 e. The normalized spacial score (nSPS) is 21.0. The first-order chi connectivity index (χ1) is 22.8. The Labute approximate surface area is 279 Å². The van der Waals surface area contributed by atoms with Gasteiger partial charge < -0.3 is 29.2 Å². The summed E-state index contributed by atoms with van der Waals surface area (Å²) in [4.78, 5) is 23.8. The van der Waals surface area contributed by atoms with Gasteiger partial charge in [-0.15, -0.1) is 0 Å². The zero-order valence-electron chi connectivity index (χ0n) is 27.9. The second kappa shape index (κ2) is 18.6. The highest BCUT2D eigenvalue weighted by Gasteiger charge is 2.26. The van der Waals surface area contributed by atoms with Gasteiger partial charge in [-0.3, -0.25) is 0 Å². The predicted molar refractivity (Wildman–Crippen MR) is 181 cm³/mol. The van der Waals surface area contributed by atoms with Gasteiger partial charge >= 0.3 is 11.9 Å². The van der Waals surface area contributed by atoms with Crippen LogP contribution in [0.25, 0.3) is 0 Å². The fourth-order valence-electron chi connectivity index (χ4n) is 6.90. The van der Waals surface area contributed by atoms with E-state index in [9.17, 15) is 9.59 Å². The minimum Gasteiger partial charge on any atom is -0.453 e. The molecule has 8 nitrogen and oxygen atoms in total. The lowest BCUT2D eigenvalue weighted by molar-refractivity contribution is -0.147. The van der Waals surface area contributed by atoms with Crippen LogP contribution in [0.5, 0.6) is 11.5 Å². The minimum atomic E-state index is -0.769. The third-order valence-corrected chi connectivity index (χ3v) is 9.88. The first-order valence-corrected chi connectivity index (χ1v) is 17.2. The first kappa shape index (κ1) is 36.2. The van der Waals surface area contributed by atoms with Crippen molar-refractivity contribution in [3.05, 3.63) is 83.5 Å². The number of hydrogen-bond donors (Lipinski definition) is 2. The molecule has 2 aromatic carbocycles. The summed E-state index contributed by atoms with van der Waals surface area (Å²) in [5, 5.41) is 18.2. The molecule has 2 aromatic rings. The largest absolute Gasteiger partial charge is 0.453 e. The number of aliphatic hydroxyl groups excluding tert-OH is 2. The Balaban J connectivity index is 1.32. The van der Waals surface area contributed by atoms with Crippen molar-refractivity contribution < 1.29 is 38.7 Å². The SMILES string of the molecule is C=C(CO)C(=O)OCOc1ccc(C2CCC(c3ccc(C4CCC(CCCCC)CC4)cc3)CC2)cc1OCOC(=O)C(=C)CO. The Morgan fingerprint density at radius 3 is 1.60 bits per heavy atom. The topological polar surface area (TPSA) is 112 Å². The van der Waals surface area contributed by atoms with Crippen LogP contribution in [0.2, 0.25) is 0 Å². The summed E-state index contributed by atoms with van der Waals surface area (Å²) in [5.74, 6) is 1.59. The summed E-state index contributed by atoms with van der Waals surface area (Å²) in [6, 6.07) is 15.1. The Bertz CT molecular complexity index is 1320. The average Bonchev–Trinajstić information content (AvgIpc) is 3.11. The molecule has 8 heteroatoms. The molecule has 47 heavy (non-hydrogen) atoms. The molecular weight excluding hydrogens is 596 g/mol. The third-order valence-electron chi connectivity index (χ3n) is 9.88. The number of rotatable bonds is 17. The molecule has 0 aromatic heterocycles. The molecule has 256 valence electrons. The van der Waals surface area contributed by atoms with Crippen molar-refractivity contribution in [2.75, 3.05) is 26.8 Å². The molecule has 2 fully saturated rings. The van der Waals surface area contributed by atoms with Crippen molar-refractivity contribution in [2.45, 2.75) is 102 Å². The molecule has 0 unspecified atom stereocenters. The Kier molecular flexibility index (Phi) is 14.4. The molecular formula is C39H52O8. The standard InChI is InChI=1S/C39H52O8/c1-4-5-6-7-29-8-10-30(11-9-29)31-12-14-32(15-13-31)33-16-18-34(19-17-33)35-20-21-36(44-25-46-38(42)27(2)23-40)37(22-35)45-26-47-39(43)28(3)24-41/h12-15,20-22,29-30,33-34,40-41H,2-11,16-19,23-26H2,1H3. The minimum absolute atomic E-state index is 0.0819. The van der Waals surface area contributed by atoms with E-state index in [1.807, 2.05) is 12.1 Å². The number of esters is 2. The number of carbonyl (C=O) groups excluding carboxylic acids is 2. The van der Waals surface area contributed by atoms with Gasteiger partial charge in [0.05, 0.1) is 24.4 Å². The van der Waals surface area contributed by atoms with Crippen molar-refractivity contribution in [1.82, 2.24) is 0 Å². The van der Waals surface area contributed by atoms with Crippen LogP contribution < -0.4 is 9.47 Å². The van der Waals surface area contributed by atoms with Crippen molar-refractivity contribution in [1.29, 1.82) is 0 Å². The summed E-state index contributed by atoms with van der Waals surface area (Å²) in [7, 11) is 0. The first-order valence-electron chi connectivity index (χ1n) is 17.2. The van der Waals surface area contributed by atoms with Crippen LogP contribution in [-0.2, 0) is 19.1 Å². The molecule has 0 saturated heterocycles. The van der Waals surface area contributed by atoms with Gasteiger partial charge in [-0.25, -0.2) is 9.59 Å². The smallest absolute Gasteiger partial charge is 0.338 e. The molecule has 0 heterocycles. The lowest BCUT2D eigenvalue weighted by Crippen LogP contribution is -2.16. The van der Waals surface area contributed by atoms with E-state index in [0.29, 0.717) is 29.3 Å². The van der Waals surface area contributed by atoms with Crippen LogP contribution >= 0.6 is 0 Å². The molecule has 0 amide bonds. The quantitative estimate of drug-likeness (QED) is 0.0773. The molecule has 2 saturated carbocycles. The second-order valence-corrected chi connectivity index (χ2v) is 13.0. The van der Waals surface area contributed by atoms with E-state index in [4.69, 9.17) is 29.2 Å². The van der Waals surface area contributed by atoms with E-state index in [1.54, 1.807) is 6.07 Å². The summed E-state index contributed by atoms with van der Waals surface area (Å²) in [5.41, 5.74) is 3.85. The molecule has 2 aliphatic rings. The van der Waals surface area contributed by atoms with Gasteiger partial charge in [-0.1, -0.05) is 76.1 Å². The summed E-state index contributed by atoms with van der Waals surface area (Å²) >= 11 is 0. The fraction of sp³-hybridized carbons (Fsp3) is 0.538. The fourth-order valence-corrected chi connectivity index (χ4v) is 6.90. The summed E-state index contributed by atoms with van der Waals surface area (Å²) in [6.07, 6.45) is 15.1. The number of carbonyl (C=O) groups is 2. The number of aliphatic hydroxyl groups is 2. The molecule has 4 rings (SSSR count). The number of unbranched alkanes of at least 4 members (excludes halogenated alkanes) is 2. The van der Waals surface area contributed by atoms with Crippen molar-refractivity contribution in [3.8, 4) is 11.5 Å². The lowest BCUT2D eigenvalue weighted by Gasteiger charge is -2.31. The number of ether oxygens (including phenoxy) is 4. The van der Waals surface area contributed by atoms with Gasteiger partial charge in [0.1, 0.15) is 0 Å². The highest BCUT2D eigenvalue weighted by Crippen LogP contribution is 2.43. The van der Waals surface area contributed by atoms with E-state index < -0.39 is 38.7 Å². The van der Waals surface area contributed by atoms with Gasteiger partial charge in [0.2, 0.25) is 13.6 Å². The molecule has 0 atom stereocenters. The highest BCUT2D eigenvalue weighted by molar-refractivity contribution is 5.88. The third kappa shape index (κ3) is 10.7. The zero-order valence-corrected chi connectivity index (χ0v) is 27.9. The van der Waals surface area contributed by atoms with Crippen LogP contribution in [0.4, 0.5) is 0 Å². The Morgan fingerprint density at radius 1 is 0.660 bits per heavy atom. The second-order valence-electron chi connectivity index (χ2n) is 13.0. The number of hydrogen-bond acceptors (Lipinski definition) is 8. The average molecular weight is 649 g/mol. The Morgan fingerprint density at radius 2 is 1.11 bits per heavy atom. The summed E-state index contributed by atoms with van der Waals surface area (Å²) in [6.45, 7) is 7.32. The maximum absolute atomic E-state index is 11.9. The molecule has 2 aliphatic carbocycles. The van der Waals surface area contributed by atoms with Crippen LogP contribution in [0.3, 0.4) is 0 Å². The van der Waals surface area contributed by atoms with Gasteiger partial charge in [0, 0.05) is 0 Å². The van der Waals surface area contributed by atoms with Gasteiger partial charge in [-0.2, -0.15) is 0 Å². The van der Waals surface area contributed by atoms with Crippen LogP contribution in [0.1, 0.15) is 118 Å². The number of benzene rings is 2. The van der Waals surface area contributed by atoms with Crippen molar-refractivity contribution >= 4 is 11.9 Å².